The highest BCUT2D eigenvalue weighted by atomic mass is 35.5. The molecule has 3 rings (SSSR count). The van der Waals surface area contributed by atoms with Crippen molar-refractivity contribution in [3.63, 3.8) is 0 Å². The van der Waals surface area contributed by atoms with Gasteiger partial charge in [0.1, 0.15) is 17.3 Å². The SMILES string of the molecule is [2H]C([2H])([2H])n1cnc2c(Cl)cc(Oc3cnc(C#N)cc3C)nc21. The Bertz CT molecular complexity index is 977. The van der Waals surface area contributed by atoms with E-state index in [0.717, 1.165) is 10.9 Å². The number of hydrogen-bond acceptors (Lipinski definition) is 5. The molecule has 104 valence electrons. The summed E-state index contributed by atoms with van der Waals surface area (Å²) in [4.78, 5) is 12.1. The van der Waals surface area contributed by atoms with Crippen molar-refractivity contribution in [2.24, 2.45) is 6.98 Å². The van der Waals surface area contributed by atoms with Crippen molar-refractivity contribution in [1.29, 1.82) is 5.26 Å². The molecule has 21 heavy (non-hydrogen) atoms. The van der Waals surface area contributed by atoms with Crippen molar-refractivity contribution in [2.45, 2.75) is 6.92 Å². The van der Waals surface area contributed by atoms with Gasteiger partial charge in [0.25, 0.3) is 0 Å². The second-order valence-electron chi connectivity index (χ2n) is 4.28. The zero-order valence-electron chi connectivity index (χ0n) is 13.8. The average molecular weight is 303 g/mol. The van der Waals surface area contributed by atoms with Gasteiger partial charge >= 0.3 is 0 Å². The summed E-state index contributed by atoms with van der Waals surface area (Å²) in [5.74, 6) is 0.491. The summed E-state index contributed by atoms with van der Waals surface area (Å²) in [6.45, 7) is -0.680. The number of imidazole rings is 1. The molecule has 0 aliphatic rings. The molecular formula is C14H10ClN5O. The fraction of sp³-hybridized carbons (Fsp3) is 0.143. The Morgan fingerprint density at radius 3 is 3.00 bits per heavy atom. The summed E-state index contributed by atoms with van der Waals surface area (Å²) >= 11 is 6.14. The fourth-order valence-electron chi connectivity index (χ4n) is 1.81. The highest BCUT2D eigenvalue weighted by Crippen LogP contribution is 2.29. The van der Waals surface area contributed by atoms with Gasteiger partial charge in [-0.3, -0.25) is 0 Å². The molecule has 3 aromatic rings. The molecule has 0 aromatic carbocycles. The van der Waals surface area contributed by atoms with Crippen LogP contribution in [-0.4, -0.2) is 19.5 Å². The molecule has 0 radical (unpaired) electrons. The van der Waals surface area contributed by atoms with E-state index in [9.17, 15) is 0 Å². The monoisotopic (exact) mass is 302 g/mol. The number of halogens is 1. The number of aromatic nitrogens is 4. The number of pyridine rings is 2. The first-order valence-electron chi connectivity index (χ1n) is 7.38. The molecule has 7 heteroatoms. The van der Waals surface area contributed by atoms with Crippen LogP contribution in [0.5, 0.6) is 11.6 Å². The van der Waals surface area contributed by atoms with Gasteiger partial charge in [0.05, 0.1) is 17.5 Å². The minimum atomic E-state index is -2.43. The van der Waals surface area contributed by atoms with Crippen LogP contribution in [0.3, 0.4) is 0 Å². The van der Waals surface area contributed by atoms with Crippen molar-refractivity contribution < 1.29 is 8.85 Å². The van der Waals surface area contributed by atoms with Crippen LogP contribution in [0, 0.1) is 18.3 Å². The Labute approximate surface area is 129 Å². The third-order valence-corrected chi connectivity index (χ3v) is 3.11. The van der Waals surface area contributed by atoms with Crippen LogP contribution >= 0.6 is 11.6 Å². The number of ether oxygens (including phenoxy) is 1. The van der Waals surface area contributed by atoms with Gasteiger partial charge in [0.2, 0.25) is 5.88 Å². The molecule has 0 saturated heterocycles. The van der Waals surface area contributed by atoms with Gasteiger partial charge in [-0.05, 0) is 18.6 Å². The Morgan fingerprint density at radius 1 is 1.43 bits per heavy atom. The highest BCUT2D eigenvalue weighted by molar-refractivity contribution is 6.34. The van der Waals surface area contributed by atoms with E-state index < -0.39 is 6.98 Å². The maximum absolute atomic E-state index is 8.83. The number of fused-ring (bicyclic) bond motifs is 1. The van der Waals surface area contributed by atoms with Crippen LogP contribution in [0.15, 0.2) is 24.7 Å². The van der Waals surface area contributed by atoms with E-state index in [4.69, 9.17) is 25.7 Å². The number of nitriles is 1. The zero-order valence-corrected chi connectivity index (χ0v) is 11.6. The second kappa shape index (κ2) is 5.04. The van der Waals surface area contributed by atoms with Crippen molar-refractivity contribution in [3.8, 4) is 17.7 Å². The first-order valence-corrected chi connectivity index (χ1v) is 6.26. The molecule has 0 unspecified atom stereocenters. The second-order valence-corrected chi connectivity index (χ2v) is 4.69. The van der Waals surface area contributed by atoms with Crippen molar-refractivity contribution in [3.05, 3.63) is 40.9 Å². The van der Waals surface area contributed by atoms with Gasteiger partial charge in [-0.2, -0.15) is 10.2 Å². The molecule has 0 spiro atoms. The van der Waals surface area contributed by atoms with Gasteiger partial charge in [-0.1, -0.05) is 11.6 Å². The van der Waals surface area contributed by atoms with Gasteiger partial charge in [-0.25, -0.2) is 9.97 Å². The minimum absolute atomic E-state index is 0.0942. The largest absolute Gasteiger partial charge is 0.437 e. The maximum Gasteiger partial charge on any atom is 0.222 e. The van der Waals surface area contributed by atoms with Crippen molar-refractivity contribution in [2.75, 3.05) is 0 Å². The molecule has 0 saturated carbocycles. The Hall–Kier alpha value is -2.65. The van der Waals surface area contributed by atoms with Gasteiger partial charge in [0.15, 0.2) is 11.4 Å². The van der Waals surface area contributed by atoms with E-state index in [0.29, 0.717) is 11.3 Å². The summed E-state index contributed by atoms with van der Waals surface area (Å²) in [6.07, 6.45) is 2.56. The number of aryl methyl sites for hydroxylation is 2. The minimum Gasteiger partial charge on any atom is -0.437 e. The quantitative estimate of drug-likeness (QED) is 0.727. The van der Waals surface area contributed by atoms with Crippen molar-refractivity contribution >= 4 is 22.8 Å². The highest BCUT2D eigenvalue weighted by Gasteiger charge is 2.11. The Balaban J connectivity index is 2.06. The predicted octanol–water partition coefficient (Wildman–Crippen LogP) is 2.99. The van der Waals surface area contributed by atoms with Gasteiger partial charge in [-0.15, -0.1) is 0 Å². The molecule has 0 fully saturated rings. The molecule has 0 atom stereocenters. The van der Waals surface area contributed by atoms with Crippen LogP contribution in [0.2, 0.25) is 5.02 Å². The van der Waals surface area contributed by atoms with Gasteiger partial charge < -0.3 is 9.30 Å². The van der Waals surface area contributed by atoms with E-state index in [1.54, 1.807) is 13.0 Å². The molecule has 0 amide bonds. The Kier molecular flexibility index (Phi) is 2.43. The normalized spacial score (nSPS) is 13.3. The van der Waals surface area contributed by atoms with Crippen LogP contribution in [-0.2, 0) is 6.98 Å². The third kappa shape index (κ3) is 2.39. The predicted molar refractivity (Wildman–Crippen MR) is 77.3 cm³/mol. The summed E-state index contributed by atoms with van der Waals surface area (Å²) in [5, 5.41) is 9.05. The molecule has 6 nitrogen and oxygen atoms in total. The lowest BCUT2D eigenvalue weighted by Crippen LogP contribution is -1.95. The topological polar surface area (TPSA) is 76.6 Å². The third-order valence-electron chi connectivity index (χ3n) is 2.83. The van der Waals surface area contributed by atoms with E-state index in [2.05, 4.69) is 15.0 Å². The molecule has 0 aliphatic heterocycles. The Morgan fingerprint density at radius 2 is 2.29 bits per heavy atom. The zero-order chi connectivity index (χ0) is 17.5. The maximum atomic E-state index is 8.83. The molecular weight excluding hydrogens is 290 g/mol. The number of rotatable bonds is 2. The van der Waals surface area contributed by atoms with E-state index >= 15 is 0 Å². The summed E-state index contributed by atoms with van der Waals surface area (Å²) in [7, 11) is 0. The molecule has 0 aliphatic carbocycles. The molecule has 0 N–H and O–H groups in total. The van der Waals surface area contributed by atoms with Gasteiger partial charge in [0, 0.05) is 17.2 Å². The average Bonchev–Trinajstić information content (AvgIpc) is 2.94. The number of hydrogen-bond donors (Lipinski definition) is 0. The lowest BCUT2D eigenvalue weighted by Gasteiger charge is -2.08. The van der Waals surface area contributed by atoms with Crippen molar-refractivity contribution in [1.82, 2.24) is 19.5 Å². The standard InChI is InChI=1S/C14H10ClN5O/c1-8-3-9(5-16)17-6-11(8)21-12-4-10(15)13-14(19-12)20(2)7-18-13/h3-4,6-7H,1-2H3/i2D3. The first kappa shape index (κ1) is 10.1. The fourth-order valence-corrected chi connectivity index (χ4v) is 2.03. The molecule has 0 bridgehead atoms. The lowest BCUT2D eigenvalue weighted by atomic mass is 10.2. The lowest BCUT2D eigenvalue weighted by molar-refractivity contribution is 0.458. The summed E-state index contributed by atoms with van der Waals surface area (Å²) in [6, 6.07) is 4.95. The van der Waals surface area contributed by atoms with E-state index in [1.807, 2.05) is 6.07 Å². The molecule has 3 aromatic heterocycles. The van der Waals surface area contributed by atoms with Crippen LogP contribution < -0.4 is 4.74 Å². The smallest absolute Gasteiger partial charge is 0.222 e. The van der Waals surface area contributed by atoms with E-state index in [-0.39, 0.29) is 27.8 Å². The van der Waals surface area contributed by atoms with E-state index in [1.165, 1.54) is 12.3 Å². The van der Waals surface area contributed by atoms with Crippen LogP contribution in [0.25, 0.3) is 11.2 Å². The number of nitrogens with zero attached hydrogens (tertiary/aromatic N) is 5. The first-order chi connectivity index (χ1) is 11.3. The molecule has 3 heterocycles. The van der Waals surface area contributed by atoms with Crippen LogP contribution in [0.4, 0.5) is 0 Å². The summed E-state index contributed by atoms with van der Waals surface area (Å²) in [5.41, 5.74) is 1.32. The summed E-state index contributed by atoms with van der Waals surface area (Å²) < 4.78 is 29.1. The van der Waals surface area contributed by atoms with Crippen LogP contribution in [0.1, 0.15) is 15.4 Å².